The highest BCUT2D eigenvalue weighted by Crippen LogP contribution is 2.28. The smallest absolute Gasteiger partial charge is 0.110 e. The van der Waals surface area contributed by atoms with E-state index in [4.69, 9.17) is 18.9 Å². The second kappa shape index (κ2) is 6.66. The topological polar surface area (TPSA) is 57.2 Å². The summed E-state index contributed by atoms with van der Waals surface area (Å²) in [4.78, 5) is 0. The Kier molecular flexibility index (Phi) is 5.18. The van der Waals surface area contributed by atoms with E-state index < -0.39 is 6.10 Å². The largest absolute Gasteiger partial charge is 0.390 e. The van der Waals surface area contributed by atoms with Crippen LogP contribution in [0.3, 0.4) is 0 Å². The summed E-state index contributed by atoms with van der Waals surface area (Å²) >= 11 is 0. The number of aliphatic hydroxyl groups is 1. The Bertz CT molecular complexity index is 217. The van der Waals surface area contributed by atoms with E-state index in [1.165, 1.54) is 0 Å². The molecule has 0 bridgehead atoms. The van der Waals surface area contributed by atoms with Gasteiger partial charge in [-0.15, -0.1) is 0 Å². The Labute approximate surface area is 102 Å². The molecule has 5 heteroatoms. The summed E-state index contributed by atoms with van der Waals surface area (Å²) < 4.78 is 21.6. The lowest BCUT2D eigenvalue weighted by Crippen LogP contribution is -2.54. The number of hydrogen-bond acceptors (Lipinski definition) is 5. The van der Waals surface area contributed by atoms with Crippen LogP contribution in [0, 0.1) is 0 Å². The van der Waals surface area contributed by atoms with Gasteiger partial charge in [0.1, 0.15) is 6.10 Å². The first kappa shape index (κ1) is 13.2. The van der Waals surface area contributed by atoms with Crippen molar-refractivity contribution in [2.24, 2.45) is 0 Å². The van der Waals surface area contributed by atoms with Gasteiger partial charge in [0.05, 0.1) is 38.1 Å². The van der Waals surface area contributed by atoms with Gasteiger partial charge in [0.25, 0.3) is 0 Å². The van der Waals surface area contributed by atoms with Crippen molar-refractivity contribution >= 4 is 0 Å². The van der Waals surface area contributed by atoms with Gasteiger partial charge >= 0.3 is 0 Å². The van der Waals surface area contributed by atoms with E-state index in [9.17, 15) is 5.11 Å². The quantitative estimate of drug-likeness (QED) is 0.657. The lowest BCUT2D eigenvalue weighted by Gasteiger charge is -2.41. The van der Waals surface area contributed by atoms with Crippen LogP contribution in [0.2, 0.25) is 0 Å². The van der Waals surface area contributed by atoms with Crippen molar-refractivity contribution in [3.63, 3.8) is 0 Å². The molecule has 1 heterocycles. The molecule has 0 aromatic carbocycles. The van der Waals surface area contributed by atoms with Crippen LogP contribution >= 0.6 is 0 Å². The standard InChI is InChI=1S/C12H22O5/c1-14-5-6-16-12-10(13)7-11(12)17-8-9-3-2-4-15-9/h9-13H,2-8H2,1H3. The van der Waals surface area contributed by atoms with Crippen LogP contribution in [0.5, 0.6) is 0 Å². The van der Waals surface area contributed by atoms with Crippen molar-refractivity contribution < 1.29 is 24.1 Å². The van der Waals surface area contributed by atoms with Gasteiger partial charge in [-0.25, -0.2) is 0 Å². The molecule has 1 saturated heterocycles. The van der Waals surface area contributed by atoms with Crippen LogP contribution in [0.4, 0.5) is 0 Å². The summed E-state index contributed by atoms with van der Waals surface area (Å²) in [6, 6.07) is 0. The van der Waals surface area contributed by atoms with Crippen molar-refractivity contribution in [2.45, 2.75) is 43.7 Å². The second-order valence-corrected chi connectivity index (χ2v) is 4.64. The van der Waals surface area contributed by atoms with E-state index in [-0.39, 0.29) is 18.3 Å². The van der Waals surface area contributed by atoms with Crippen LogP contribution in [0.15, 0.2) is 0 Å². The third kappa shape index (κ3) is 3.63. The van der Waals surface area contributed by atoms with E-state index in [0.717, 1.165) is 19.4 Å². The minimum atomic E-state index is -0.402. The van der Waals surface area contributed by atoms with Gasteiger partial charge in [0, 0.05) is 20.1 Å². The molecule has 0 radical (unpaired) electrons. The van der Waals surface area contributed by atoms with Crippen molar-refractivity contribution in [1.82, 2.24) is 0 Å². The van der Waals surface area contributed by atoms with Crippen LogP contribution in [-0.4, -0.2) is 63.1 Å². The van der Waals surface area contributed by atoms with Crippen molar-refractivity contribution in [2.75, 3.05) is 33.5 Å². The molecular weight excluding hydrogens is 224 g/mol. The lowest BCUT2D eigenvalue weighted by molar-refractivity contribution is -0.202. The molecule has 100 valence electrons. The van der Waals surface area contributed by atoms with E-state index in [1.54, 1.807) is 7.11 Å². The number of hydrogen-bond donors (Lipinski definition) is 1. The predicted molar refractivity (Wildman–Crippen MR) is 61.0 cm³/mol. The Morgan fingerprint density at radius 2 is 2.18 bits per heavy atom. The first-order valence-electron chi connectivity index (χ1n) is 6.33. The summed E-state index contributed by atoms with van der Waals surface area (Å²) in [5.74, 6) is 0. The first-order chi connectivity index (χ1) is 8.31. The number of methoxy groups -OCH3 is 1. The minimum absolute atomic E-state index is 0.00561. The number of rotatable bonds is 7. The van der Waals surface area contributed by atoms with E-state index in [0.29, 0.717) is 26.2 Å². The molecule has 2 fully saturated rings. The van der Waals surface area contributed by atoms with Gasteiger partial charge in [0.2, 0.25) is 0 Å². The molecule has 1 aliphatic heterocycles. The fourth-order valence-electron chi connectivity index (χ4n) is 2.21. The molecule has 0 aromatic heterocycles. The molecule has 4 unspecified atom stereocenters. The molecule has 0 spiro atoms. The van der Waals surface area contributed by atoms with Gasteiger partial charge in [-0.2, -0.15) is 0 Å². The van der Waals surface area contributed by atoms with Gasteiger partial charge in [0.15, 0.2) is 0 Å². The van der Waals surface area contributed by atoms with E-state index in [2.05, 4.69) is 0 Å². The lowest BCUT2D eigenvalue weighted by atomic mass is 9.88. The summed E-state index contributed by atoms with van der Waals surface area (Å²) in [5.41, 5.74) is 0. The highest BCUT2D eigenvalue weighted by Gasteiger charge is 2.42. The molecular formula is C12H22O5. The summed E-state index contributed by atoms with van der Waals surface area (Å²) in [5, 5.41) is 9.59. The average Bonchev–Trinajstić information content (AvgIpc) is 2.83. The van der Waals surface area contributed by atoms with Crippen LogP contribution in [0.1, 0.15) is 19.3 Å². The molecule has 1 N–H and O–H groups in total. The number of ether oxygens (including phenoxy) is 4. The van der Waals surface area contributed by atoms with Gasteiger partial charge < -0.3 is 24.1 Å². The molecule has 4 atom stereocenters. The highest BCUT2D eigenvalue weighted by molar-refractivity contribution is 4.92. The normalized spacial score (nSPS) is 37.1. The van der Waals surface area contributed by atoms with E-state index >= 15 is 0 Å². The maximum absolute atomic E-state index is 9.59. The minimum Gasteiger partial charge on any atom is -0.390 e. The van der Waals surface area contributed by atoms with E-state index in [1.807, 2.05) is 0 Å². The second-order valence-electron chi connectivity index (χ2n) is 4.64. The van der Waals surface area contributed by atoms with Crippen LogP contribution < -0.4 is 0 Å². The van der Waals surface area contributed by atoms with Crippen molar-refractivity contribution in [3.05, 3.63) is 0 Å². The zero-order chi connectivity index (χ0) is 12.1. The fourth-order valence-corrected chi connectivity index (χ4v) is 2.21. The van der Waals surface area contributed by atoms with Gasteiger partial charge in [-0.1, -0.05) is 0 Å². The van der Waals surface area contributed by atoms with Crippen LogP contribution in [-0.2, 0) is 18.9 Å². The van der Waals surface area contributed by atoms with Gasteiger partial charge in [-0.3, -0.25) is 0 Å². The summed E-state index contributed by atoms with van der Waals surface area (Å²) in [7, 11) is 1.63. The Balaban J connectivity index is 1.62. The summed E-state index contributed by atoms with van der Waals surface area (Å²) in [6.07, 6.45) is 2.48. The average molecular weight is 246 g/mol. The highest BCUT2D eigenvalue weighted by atomic mass is 16.6. The van der Waals surface area contributed by atoms with Crippen molar-refractivity contribution in [1.29, 1.82) is 0 Å². The molecule has 0 aromatic rings. The monoisotopic (exact) mass is 246 g/mol. The van der Waals surface area contributed by atoms with Crippen LogP contribution in [0.25, 0.3) is 0 Å². The van der Waals surface area contributed by atoms with Crippen molar-refractivity contribution in [3.8, 4) is 0 Å². The zero-order valence-electron chi connectivity index (χ0n) is 10.3. The Morgan fingerprint density at radius 1 is 1.29 bits per heavy atom. The van der Waals surface area contributed by atoms with Gasteiger partial charge in [-0.05, 0) is 12.8 Å². The number of aliphatic hydroxyl groups excluding tert-OH is 1. The third-order valence-electron chi connectivity index (χ3n) is 3.34. The molecule has 2 rings (SSSR count). The molecule has 0 amide bonds. The Morgan fingerprint density at radius 3 is 2.82 bits per heavy atom. The first-order valence-corrected chi connectivity index (χ1v) is 6.33. The SMILES string of the molecule is COCCOC1C(O)CC1OCC1CCCO1. The zero-order valence-corrected chi connectivity index (χ0v) is 10.3. The molecule has 1 saturated carbocycles. The predicted octanol–water partition coefficient (Wildman–Crippen LogP) is 0.347. The molecule has 1 aliphatic carbocycles. The molecule has 17 heavy (non-hydrogen) atoms. The molecule has 2 aliphatic rings. The molecule has 5 nitrogen and oxygen atoms in total. The fraction of sp³-hybridized carbons (Fsp3) is 1.00. The maximum Gasteiger partial charge on any atom is 0.110 e. The summed E-state index contributed by atoms with van der Waals surface area (Å²) in [6.45, 7) is 2.50. The maximum atomic E-state index is 9.59. The Hall–Kier alpha value is -0.200. The third-order valence-corrected chi connectivity index (χ3v) is 3.34.